The van der Waals surface area contributed by atoms with E-state index in [1.165, 1.54) is 6.07 Å². The SMILES string of the molecule is CCN(CC)CCOc1c(F)cccc1[C@H](C)N. The van der Waals surface area contributed by atoms with Gasteiger partial charge in [-0.05, 0) is 26.1 Å². The molecule has 18 heavy (non-hydrogen) atoms. The molecule has 1 rings (SSSR count). The number of benzene rings is 1. The second-order valence-electron chi connectivity index (χ2n) is 4.32. The van der Waals surface area contributed by atoms with Crippen molar-refractivity contribution in [2.45, 2.75) is 26.8 Å². The van der Waals surface area contributed by atoms with Crippen LogP contribution < -0.4 is 10.5 Å². The van der Waals surface area contributed by atoms with Gasteiger partial charge < -0.3 is 15.4 Å². The molecule has 0 radical (unpaired) electrons. The van der Waals surface area contributed by atoms with Gasteiger partial charge in [0.1, 0.15) is 6.61 Å². The van der Waals surface area contributed by atoms with Crippen molar-refractivity contribution in [3.8, 4) is 5.75 Å². The van der Waals surface area contributed by atoms with Crippen molar-refractivity contribution in [2.24, 2.45) is 5.73 Å². The van der Waals surface area contributed by atoms with Gasteiger partial charge in [0, 0.05) is 18.2 Å². The van der Waals surface area contributed by atoms with Crippen LogP contribution in [0, 0.1) is 5.82 Å². The third-order valence-electron chi connectivity index (χ3n) is 3.04. The summed E-state index contributed by atoms with van der Waals surface area (Å²) in [6.45, 7) is 9.22. The molecule has 102 valence electrons. The molecule has 0 saturated carbocycles. The molecular formula is C14H23FN2O. The zero-order chi connectivity index (χ0) is 13.5. The molecule has 0 amide bonds. The van der Waals surface area contributed by atoms with Crippen LogP contribution in [0.25, 0.3) is 0 Å². The first-order chi connectivity index (χ1) is 8.60. The highest BCUT2D eigenvalue weighted by molar-refractivity contribution is 5.36. The molecule has 0 fully saturated rings. The highest BCUT2D eigenvalue weighted by Crippen LogP contribution is 2.26. The molecule has 0 unspecified atom stereocenters. The molecule has 0 aliphatic carbocycles. The Morgan fingerprint density at radius 3 is 2.56 bits per heavy atom. The molecule has 1 aromatic carbocycles. The maximum Gasteiger partial charge on any atom is 0.165 e. The molecule has 3 nitrogen and oxygen atoms in total. The number of nitrogens with zero attached hydrogens (tertiary/aromatic N) is 1. The van der Waals surface area contributed by atoms with Crippen molar-refractivity contribution in [3.05, 3.63) is 29.6 Å². The van der Waals surface area contributed by atoms with Gasteiger partial charge >= 0.3 is 0 Å². The fourth-order valence-electron chi connectivity index (χ4n) is 1.85. The van der Waals surface area contributed by atoms with Gasteiger partial charge in [-0.2, -0.15) is 0 Å². The van der Waals surface area contributed by atoms with Crippen molar-refractivity contribution in [1.29, 1.82) is 0 Å². The van der Waals surface area contributed by atoms with Gasteiger partial charge in [0.2, 0.25) is 0 Å². The van der Waals surface area contributed by atoms with Crippen molar-refractivity contribution in [1.82, 2.24) is 4.90 Å². The summed E-state index contributed by atoms with van der Waals surface area (Å²) in [6.07, 6.45) is 0. The Morgan fingerprint density at radius 1 is 1.33 bits per heavy atom. The summed E-state index contributed by atoms with van der Waals surface area (Å²) in [5, 5.41) is 0. The van der Waals surface area contributed by atoms with E-state index >= 15 is 0 Å². The van der Waals surface area contributed by atoms with E-state index in [2.05, 4.69) is 18.7 Å². The zero-order valence-electron chi connectivity index (χ0n) is 11.4. The predicted molar refractivity (Wildman–Crippen MR) is 72.3 cm³/mol. The number of nitrogens with two attached hydrogens (primary N) is 1. The van der Waals surface area contributed by atoms with Crippen molar-refractivity contribution in [2.75, 3.05) is 26.2 Å². The number of likely N-dealkylation sites (N-methyl/N-ethyl adjacent to an activating group) is 1. The lowest BCUT2D eigenvalue weighted by atomic mass is 10.1. The highest BCUT2D eigenvalue weighted by Gasteiger charge is 2.13. The summed E-state index contributed by atoms with van der Waals surface area (Å²) < 4.78 is 19.3. The van der Waals surface area contributed by atoms with Gasteiger partial charge in [-0.3, -0.25) is 0 Å². The summed E-state index contributed by atoms with van der Waals surface area (Å²) in [5.41, 5.74) is 6.53. The molecule has 1 aromatic rings. The largest absolute Gasteiger partial charge is 0.489 e. The van der Waals surface area contributed by atoms with E-state index in [4.69, 9.17) is 10.5 Å². The standard InChI is InChI=1S/C14H23FN2O/c1-4-17(5-2)9-10-18-14-12(11(3)16)7-6-8-13(14)15/h6-8,11H,4-5,9-10,16H2,1-3H3/t11-/m0/s1. The molecule has 0 aliphatic heterocycles. The first-order valence-electron chi connectivity index (χ1n) is 6.49. The minimum Gasteiger partial charge on any atom is -0.489 e. The van der Waals surface area contributed by atoms with Crippen LogP contribution in [-0.2, 0) is 0 Å². The summed E-state index contributed by atoms with van der Waals surface area (Å²) in [6, 6.07) is 4.63. The number of para-hydroxylation sites is 1. The zero-order valence-corrected chi connectivity index (χ0v) is 11.4. The van der Waals surface area contributed by atoms with E-state index in [1.54, 1.807) is 12.1 Å². The quantitative estimate of drug-likeness (QED) is 0.812. The fraction of sp³-hybridized carbons (Fsp3) is 0.571. The average Bonchev–Trinajstić information content (AvgIpc) is 2.36. The highest BCUT2D eigenvalue weighted by atomic mass is 19.1. The lowest BCUT2D eigenvalue weighted by Gasteiger charge is -2.19. The maximum atomic E-state index is 13.7. The second kappa shape index (κ2) is 7.34. The van der Waals surface area contributed by atoms with E-state index in [0.717, 1.165) is 25.2 Å². The molecule has 0 aliphatic rings. The Kier molecular flexibility index (Phi) is 6.09. The first kappa shape index (κ1) is 14.9. The lowest BCUT2D eigenvalue weighted by molar-refractivity contribution is 0.215. The Balaban J connectivity index is 2.66. The van der Waals surface area contributed by atoms with Crippen molar-refractivity contribution in [3.63, 3.8) is 0 Å². The van der Waals surface area contributed by atoms with Crippen molar-refractivity contribution >= 4 is 0 Å². The van der Waals surface area contributed by atoms with Crippen LogP contribution >= 0.6 is 0 Å². The number of hydrogen-bond acceptors (Lipinski definition) is 3. The first-order valence-corrected chi connectivity index (χ1v) is 6.49. The molecular weight excluding hydrogens is 231 g/mol. The number of hydrogen-bond donors (Lipinski definition) is 1. The van der Waals surface area contributed by atoms with E-state index in [-0.39, 0.29) is 11.9 Å². The van der Waals surface area contributed by atoms with Crippen molar-refractivity contribution < 1.29 is 9.13 Å². The van der Waals surface area contributed by atoms with Crippen LogP contribution in [0.15, 0.2) is 18.2 Å². The molecule has 0 saturated heterocycles. The van der Waals surface area contributed by atoms with E-state index in [0.29, 0.717) is 12.4 Å². The van der Waals surface area contributed by atoms with E-state index in [9.17, 15) is 4.39 Å². The predicted octanol–water partition coefficient (Wildman–Crippen LogP) is 2.57. The van der Waals surface area contributed by atoms with Crippen LogP contribution in [0.4, 0.5) is 4.39 Å². The Bertz CT molecular complexity index is 365. The Labute approximate surface area is 109 Å². The number of ether oxygens (including phenoxy) is 1. The number of halogens is 1. The number of rotatable bonds is 7. The monoisotopic (exact) mass is 254 g/mol. The van der Waals surface area contributed by atoms with Gasteiger partial charge in [-0.25, -0.2) is 4.39 Å². The van der Waals surface area contributed by atoms with Crippen LogP contribution in [0.1, 0.15) is 32.4 Å². The Hall–Kier alpha value is -1.13. The molecule has 1 atom stereocenters. The topological polar surface area (TPSA) is 38.5 Å². The minimum absolute atomic E-state index is 0.232. The van der Waals surface area contributed by atoms with Gasteiger partial charge in [0.25, 0.3) is 0 Å². The van der Waals surface area contributed by atoms with Gasteiger partial charge in [0.05, 0.1) is 0 Å². The third kappa shape index (κ3) is 3.96. The summed E-state index contributed by atoms with van der Waals surface area (Å²) in [5.74, 6) is -0.0518. The van der Waals surface area contributed by atoms with Crippen LogP contribution in [0.3, 0.4) is 0 Å². The summed E-state index contributed by atoms with van der Waals surface area (Å²) in [4.78, 5) is 2.23. The van der Waals surface area contributed by atoms with Gasteiger partial charge in [-0.1, -0.05) is 26.0 Å². The maximum absolute atomic E-state index is 13.7. The van der Waals surface area contributed by atoms with Crippen LogP contribution in [0.5, 0.6) is 5.75 Å². The Morgan fingerprint density at radius 2 is 2.00 bits per heavy atom. The molecule has 4 heteroatoms. The second-order valence-corrected chi connectivity index (χ2v) is 4.32. The average molecular weight is 254 g/mol. The molecule has 2 N–H and O–H groups in total. The summed E-state index contributed by atoms with van der Waals surface area (Å²) in [7, 11) is 0. The molecule has 0 aromatic heterocycles. The normalized spacial score (nSPS) is 12.8. The van der Waals surface area contributed by atoms with Gasteiger partial charge in [0.15, 0.2) is 11.6 Å². The van der Waals surface area contributed by atoms with E-state index in [1.807, 2.05) is 6.92 Å². The molecule has 0 spiro atoms. The minimum atomic E-state index is -0.343. The van der Waals surface area contributed by atoms with Crippen LogP contribution in [0.2, 0.25) is 0 Å². The molecule has 0 bridgehead atoms. The molecule has 0 heterocycles. The lowest BCUT2D eigenvalue weighted by Crippen LogP contribution is -2.28. The van der Waals surface area contributed by atoms with E-state index < -0.39 is 0 Å². The van der Waals surface area contributed by atoms with Gasteiger partial charge in [-0.15, -0.1) is 0 Å². The smallest absolute Gasteiger partial charge is 0.165 e. The third-order valence-corrected chi connectivity index (χ3v) is 3.04. The van der Waals surface area contributed by atoms with Crippen LogP contribution in [-0.4, -0.2) is 31.1 Å². The fourth-order valence-corrected chi connectivity index (χ4v) is 1.85. The summed E-state index contributed by atoms with van der Waals surface area (Å²) >= 11 is 0.